The molecule has 0 aromatic heterocycles. The van der Waals surface area contributed by atoms with Crippen LogP contribution >= 0.6 is 15.9 Å². The van der Waals surface area contributed by atoms with E-state index in [1.807, 2.05) is 0 Å². The lowest BCUT2D eigenvalue weighted by Crippen LogP contribution is -2.01. The molecule has 19 heavy (non-hydrogen) atoms. The predicted octanol–water partition coefficient (Wildman–Crippen LogP) is 4.35. The van der Waals surface area contributed by atoms with E-state index >= 15 is 0 Å². The van der Waals surface area contributed by atoms with E-state index in [2.05, 4.69) is 21.2 Å². The number of anilines is 1. The van der Waals surface area contributed by atoms with Crippen molar-refractivity contribution in [1.82, 2.24) is 0 Å². The third-order valence-corrected chi connectivity index (χ3v) is 3.55. The number of ether oxygens (including phenoxy) is 1. The van der Waals surface area contributed by atoms with Gasteiger partial charge in [-0.2, -0.15) is 0 Å². The fourth-order valence-electron chi connectivity index (χ4n) is 1.66. The molecule has 2 rings (SSSR count). The Kier molecular flexibility index (Phi) is 4.37. The van der Waals surface area contributed by atoms with E-state index in [0.29, 0.717) is 16.7 Å². The zero-order chi connectivity index (χ0) is 13.8. The van der Waals surface area contributed by atoms with E-state index in [0.717, 1.165) is 5.56 Å². The highest BCUT2D eigenvalue weighted by Gasteiger charge is 2.06. The molecule has 0 saturated heterocycles. The average molecular weight is 328 g/mol. The van der Waals surface area contributed by atoms with Crippen molar-refractivity contribution >= 4 is 21.6 Å². The second-order valence-electron chi connectivity index (χ2n) is 3.92. The third kappa shape index (κ3) is 3.23. The van der Waals surface area contributed by atoms with Crippen LogP contribution < -0.4 is 10.1 Å². The van der Waals surface area contributed by atoms with Crippen LogP contribution in [0.1, 0.15) is 5.56 Å². The van der Waals surface area contributed by atoms with Gasteiger partial charge in [-0.25, -0.2) is 8.78 Å². The molecule has 1 N–H and O–H groups in total. The Morgan fingerprint density at radius 1 is 1.16 bits per heavy atom. The van der Waals surface area contributed by atoms with Crippen molar-refractivity contribution in [3.8, 4) is 5.75 Å². The van der Waals surface area contributed by atoms with Crippen molar-refractivity contribution in [2.24, 2.45) is 0 Å². The normalized spacial score (nSPS) is 10.3. The van der Waals surface area contributed by atoms with Crippen LogP contribution in [0.3, 0.4) is 0 Å². The number of rotatable bonds is 4. The molecule has 0 spiro atoms. The maximum Gasteiger partial charge on any atom is 0.167 e. The summed E-state index contributed by atoms with van der Waals surface area (Å²) in [6, 6.07) is 9.38. The summed E-state index contributed by atoms with van der Waals surface area (Å²) in [7, 11) is 1.41. The smallest absolute Gasteiger partial charge is 0.167 e. The first-order chi connectivity index (χ1) is 9.11. The molecule has 0 bridgehead atoms. The van der Waals surface area contributed by atoms with Gasteiger partial charge in [0.25, 0.3) is 0 Å². The molecule has 2 aromatic carbocycles. The maximum absolute atomic E-state index is 13.5. The van der Waals surface area contributed by atoms with E-state index in [1.165, 1.54) is 25.3 Å². The van der Waals surface area contributed by atoms with Crippen LogP contribution in [-0.4, -0.2) is 7.11 Å². The minimum atomic E-state index is -0.439. The van der Waals surface area contributed by atoms with E-state index in [9.17, 15) is 8.78 Å². The van der Waals surface area contributed by atoms with E-state index in [1.54, 1.807) is 18.2 Å². The van der Waals surface area contributed by atoms with Crippen LogP contribution in [0.25, 0.3) is 0 Å². The summed E-state index contributed by atoms with van der Waals surface area (Å²) in [4.78, 5) is 0. The molecule has 0 radical (unpaired) electrons. The van der Waals surface area contributed by atoms with Gasteiger partial charge in [-0.1, -0.05) is 12.1 Å². The predicted molar refractivity (Wildman–Crippen MR) is 74.4 cm³/mol. The number of hydrogen-bond donors (Lipinski definition) is 1. The minimum Gasteiger partial charge on any atom is -0.494 e. The van der Waals surface area contributed by atoms with E-state index in [4.69, 9.17) is 4.74 Å². The number of methoxy groups -OCH3 is 1. The highest BCUT2D eigenvalue weighted by Crippen LogP contribution is 2.23. The Bertz CT molecular complexity index is 590. The zero-order valence-corrected chi connectivity index (χ0v) is 11.8. The highest BCUT2D eigenvalue weighted by atomic mass is 79.9. The molecule has 0 unspecified atom stereocenters. The topological polar surface area (TPSA) is 21.3 Å². The molecule has 0 aliphatic carbocycles. The van der Waals surface area contributed by atoms with E-state index in [-0.39, 0.29) is 11.6 Å². The molecule has 0 saturated carbocycles. The number of benzene rings is 2. The summed E-state index contributed by atoms with van der Waals surface area (Å²) >= 11 is 3.18. The molecule has 0 fully saturated rings. The lowest BCUT2D eigenvalue weighted by atomic mass is 10.2. The van der Waals surface area contributed by atoms with Crippen LogP contribution in [0.5, 0.6) is 5.75 Å². The summed E-state index contributed by atoms with van der Waals surface area (Å²) in [5.74, 6) is -0.566. The van der Waals surface area contributed by atoms with Gasteiger partial charge in [0.15, 0.2) is 11.6 Å². The van der Waals surface area contributed by atoms with Crippen molar-refractivity contribution in [2.45, 2.75) is 6.54 Å². The molecule has 0 amide bonds. The van der Waals surface area contributed by atoms with Crippen LogP contribution in [0.2, 0.25) is 0 Å². The first-order valence-electron chi connectivity index (χ1n) is 5.62. The Morgan fingerprint density at radius 2 is 1.95 bits per heavy atom. The van der Waals surface area contributed by atoms with Crippen LogP contribution in [-0.2, 0) is 6.54 Å². The first-order valence-corrected chi connectivity index (χ1v) is 6.41. The summed E-state index contributed by atoms with van der Waals surface area (Å²) < 4.78 is 32.1. The van der Waals surface area contributed by atoms with Crippen molar-refractivity contribution in [3.05, 3.63) is 58.1 Å². The molecular formula is C14H12BrF2NO. The molecule has 100 valence electrons. The van der Waals surface area contributed by atoms with Crippen molar-refractivity contribution < 1.29 is 13.5 Å². The molecule has 0 aliphatic heterocycles. The second-order valence-corrected chi connectivity index (χ2v) is 4.71. The van der Waals surface area contributed by atoms with Crippen LogP contribution in [0, 0.1) is 11.6 Å². The molecule has 0 heterocycles. The third-order valence-electron chi connectivity index (χ3n) is 2.67. The van der Waals surface area contributed by atoms with Gasteiger partial charge in [0.2, 0.25) is 0 Å². The molecule has 0 aliphatic rings. The van der Waals surface area contributed by atoms with Gasteiger partial charge in [0.05, 0.1) is 11.6 Å². The largest absolute Gasteiger partial charge is 0.494 e. The lowest BCUT2D eigenvalue weighted by molar-refractivity contribution is 0.386. The Balaban J connectivity index is 2.10. The van der Waals surface area contributed by atoms with Crippen LogP contribution in [0.4, 0.5) is 14.5 Å². The van der Waals surface area contributed by atoms with Gasteiger partial charge in [-0.3, -0.25) is 0 Å². The van der Waals surface area contributed by atoms with Crippen molar-refractivity contribution in [2.75, 3.05) is 12.4 Å². The standard InChI is InChI=1S/C14H12BrF2NO/c1-19-13-6-5-10(7-12(13)17)18-8-9-3-2-4-11(16)14(9)15/h2-7,18H,8H2,1H3. The Labute approximate surface area is 118 Å². The van der Waals surface area contributed by atoms with Crippen molar-refractivity contribution in [1.29, 1.82) is 0 Å². The molecule has 0 atom stereocenters. The molecule has 5 heteroatoms. The second kappa shape index (κ2) is 6.02. The zero-order valence-electron chi connectivity index (χ0n) is 10.2. The van der Waals surface area contributed by atoms with Gasteiger partial charge in [0.1, 0.15) is 5.82 Å². The van der Waals surface area contributed by atoms with E-state index < -0.39 is 5.82 Å². The Hall–Kier alpha value is -1.62. The summed E-state index contributed by atoms with van der Waals surface area (Å²) in [6.45, 7) is 0.393. The monoisotopic (exact) mass is 327 g/mol. The Morgan fingerprint density at radius 3 is 2.63 bits per heavy atom. The van der Waals surface area contributed by atoms with Crippen molar-refractivity contribution in [3.63, 3.8) is 0 Å². The minimum absolute atomic E-state index is 0.192. The van der Waals surface area contributed by atoms with Crippen LogP contribution in [0.15, 0.2) is 40.9 Å². The number of nitrogens with one attached hydrogen (secondary N) is 1. The van der Waals surface area contributed by atoms with Gasteiger partial charge >= 0.3 is 0 Å². The quantitative estimate of drug-likeness (QED) is 0.901. The summed E-state index contributed by atoms with van der Waals surface area (Å²) in [5.41, 5.74) is 1.37. The lowest BCUT2D eigenvalue weighted by Gasteiger charge is -2.10. The molecular weight excluding hydrogens is 316 g/mol. The fourth-order valence-corrected chi connectivity index (χ4v) is 2.06. The van der Waals surface area contributed by atoms with Gasteiger partial charge in [-0.05, 0) is 39.7 Å². The average Bonchev–Trinajstić information content (AvgIpc) is 2.40. The maximum atomic E-state index is 13.5. The van der Waals surface area contributed by atoms with Gasteiger partial charge < -0.3 is 10.1 Å². The summed E-state index contributed by atoms with van der Waals surface area (Å²) in [5, 5.41) is 3.03. The summed E-state index contributed by atoms with van der Waals surface area (Å²) in [6.07, 6.45) is 0. The van der Waals surface area contributed by atoms with Gasteiger partial charge in [-0.15, -0.1) is 0 Å². The number of hydrogen-bond acceptors (Lipinski definition) is 2. The highest BCUT2D eigenvalue weighted by molar-refractivity contribution is 9.10. The first kappa shape index (κ1) is 13.8. The van der Waals surface area contributed by atoms with Gasteiger partial charge in [0, 0.05) is 18.3 Å². The SMILES string of the molecule is COc1ccc(NCc2cccc(F)c2Br)cc1F. The number of halogens is 3. The molecule has 2 nitrogen and oxygen atoms in total. The fraction of sp³-hybridized carbons (Fsp3) is 0.143. The molecule has 2 aromatic rings.